The van der Waals surface area contributed by atoms with E-state index in [2.05, 4.69) is 4.18 Å². The molecule has 0 aliphatic carbocycles. The fourth-order valence-electron chi connectivity index (χ4n) is 1.13. The molecule has 0 aliphatic rings. The number of hydrogen-bond donors (Lipinski definition) is 1. The van der Waals surface area contributed by atoms with E-state index in [4.69, 9.17) is 0 Å². The number of rotatable bonds is 6. The molecule has 0 saturated carbocycles. The van der Waals surface area contributed by atoms with Gasteiger partial charge in [0.1, 0.15) is 12.6 Å². The highest BCUT2D eigenvalue weighted by molar-refractivity contribution is 7.80. The maximum Gasteiger partial charge on any atom is 0.218 e. The first kappa shape index (κ1) is 12.8. The van der Waals surface area contributed by atoms with Gasteiger partial charge >= 0.3 is 0 Å². The van der Waals surface area contributed by atoms with Crippen molar-refractivity contribution in [2.45, 2.75) is 25.9 Å². The Morgan fingerprint density at radius 1 is 1.46 bits per heavy atom. The Bertz CT molecular complexity index is 225. The molecule has 1 atom stereocenters. The largest absolute Gasteiger partial charge is 0.726 e. The molecule has 0 radical (unpaired) electrons. The minimum atomic E-state index is -4.55. The Hall–Kier alpha value is -0.170. The molecule has 0 heterocycles. The SMILES string of the molecule is CCCC(C[NH+](C)C)OS(=O)(=O)[O-]. The number of nitrogens with one attached hydrogen (secondary N) is 1. The van der Waals surface area contributed by atoms with E-state index in [-0.39, 0.29) is 0 Å². The van der Waals surface area contributed by atoms with Crippen LogP contribution < -0.4 is 4.90 Å². The van der Waals surface area contributed by atoms with Gasteiger partial charge in [-0.05, 0) is 6.42 Å². The monoisotopic (exact) mass is 211 g/mol. The second-order valence-electron chi connectivity index (χ2n) is 3.33. The third-order valence-electron chi connectivity index (χ3n) is 1.50. The van der Waals surface area contributed by atoms with Gasteiger partial charge in [-0.2, -0.15) is 0 Å². The van der Waals surface area contributed by atoms with E-state index in [0.717, 1.165) is 11.3 Å². The Morgan fingerprint density at radius 3 is 2.31 bits per heavy atom. The van der Waals surface area contributed by atoms with Crippen LogP contribution >= 0.6 is 0 Å². The van der Waals surface area contributed by atoms with Crippen LogP contribution in [0.1, 0.15) is 19.8 Å². The lowest BCUT2D eigenvalue weighted by Crippen LogP contribution is -3.07. The fourth-order valence-corrected chi connectivity index (χ4v) is 1.63. The molecule has 0 aromatic heterocycles. The van der Waals surface area contributed by atoms with E-state index in [0.29, 0.717) is 13.0 Å². The average Bonchev–Trinajstić information content (AvgIpc) is 1.81. The van der Waals surface area contributed by atoms with Gasteiger partial charge in [0.15, 0.2) is 0 Å². The molecular formula is C7H17NO4S. The second kappa shape index (κ2) is 5.54. The molecule has 0 amide bonds. The van der Waals surface area contributed by atoms with E-state index in [1.165, 1.54) is 0 Å². The molecular weight excluding hydrogens is 194 g/mol. The molecule has 0 fully saturated rings. The van der Waals surface area contributed by atoms with Crippen LogP contribution in [0.25, 0.3) is 0 Å². The Balaban J connectivity index is 4.10. The molecule has 5 nitrogen and oxygen atoms in total. The van der Waals surface area contributed by atoms with Gasteiger partial charge in [0.25, 0.3) is 0 Å². The number of likely N-dealkylation sites (N-methyl/N-ethyl adjacent to an activating group) is 1. The summed E-state index contributed by atoms with van der Waals surface area (Å²) in [5.41, 5.74) is 0. The summed E-state index contributed by atoms with van der Waals surface area (Å²) in [5, 5.41) is 0. The van der Waals surface area contributed by atoms with Gasteiger partial charge in [-0.25, -0.2) is 8.42 Å². The topological polar surface area (TPSA) is 70.9 Å². The highest BCUT2D eigenvalue weighted by Gasteiger charge is 2.14. The lowest BCUT2D eigenvalue weighted by atomic mass is 10.2. The molecule has 13 heavy (non-hydrogen) atoms. The lowest BCUT2D eigenvalue weighted by molar-refractivity contribution is -0.861. The van der Waals surface area contributed by atoms with Crippen molar-refractivity contribution in [3.05, 3.63) is 0 Å². The van der Waals surface area contributed by atoms with Crippen LogP contribution in [0.5, 0.6) is 0 Å². The van der Waals surface area contributed by atoms with Gasteiger partial charge in [0.05, 0.1) is 14.1 Å². The smallest absolute Gasteiger partial charge is 0.218 e. The predicted octanol–water partition coefficient (Wildman–Crippen LogP) is -1.22. The molecule has 0 aromatic rings. The van der Waals surface area contributed by atoms with Crippen molar-refractivity contribution in [1.82, 2.24) is 0 Å². The third kappa shape index (κ3) is 8.17. The van der Waals surface area contributed by atoms with Crippen LogP contribution in [-0.2, 0) is 14.6 Å². The predicted molar refractivity (Wildman–Crippen MR) is 47.2 cm³/mol. The Labute approximate surface area is 79.6 Å². The van der Waals surface area contributed by atoms with Crippen molar-refractivity contribution < 1.29 is 22.1 Å². The van der Waals surface area contributed by atoms with Crippen molar-refractivity contribution >= 4 is 10.4 Å². The standard InChI is InChI=1S/C7H17NO4S/c1-4-5-7(6-8(2)3)12-13(9,10)11/h7H,4-6H2,1-3H3,(H,9,10,11). The first-order valence-corrected chi connectivity index (χ1v) is 5.61. The molecule has 1 unspecified atom stereocenters. The minimum absolute atomic E-state index is 0.488. The van der Waals surface area contributed by atoms with Gasteiger partial charge in [-0.15, -0.1) is 0 Å². The molecule has 0 rings (SSSR count). The molecule has 0 aliphatic heterocycles. The zero-order chi connectivity index (χ0) is 10.5. The lowest BCUT2D eigenvalue weighted by Gasteiger charge is -2.19. The summed E-state index contributed by atoms with van der Waals surface area (Å²) in [7, 11) is -0.798. The highest BCUT2D eigenvalue weighted by Crippen LogP contribution is 2.02. The van der Waals surface area contributed by atoms with Crippen molar-refractivity contribution in [1.29, 1.82) is 0 Å². The summed E-state index contributed by atoms with van der Waals surface area (Å²) in [6.45, 7) is 2.44. The van der Waals surface area contributed by atoms with E-state index < -0.39 is 16.5 Å². The molecule has 0 bridgehead atoms. The van der Waals surface area contributed by atoms with Gasteiger partial charge < -0.3 is 9.45 Å². The van der Waals surface area contributed by atoms with Crippen LogP contribution in [0, 0.1) is 0 Å². The summed E-state index contributed by atoms with van der Waals surface area (Å²) in [6.07, 6.45) is 0.901. The van der Waals surface area contributed by atoms with Crippen LogP contribution in [0.4, 0.5) is 0 Å². The van der Waals surface area contributed by atoms with Gasteiger partial charge in [0.2, 0.25) is 10.4 Å². The van der Waals surface area contributed by atoms with E-state index >= 15 is 0 Å². The minimum Gasteiger partial charge on any atom is -0.726 e. The summed E-state index contributed by atoms with van der Waals surface area (Å²) < 4.78 is 35.3. The first-order chi connectivity index (χ1) is 5.85. The summed E-state index contributed by atoms with van der Waals surface area (Å²) in [5.74, 6) is 0. The normalized spacial score (nSPS) is 14.8. The average molecular weight is 211 g/mol. The van der Waals surface area contributed by atoms with Gasteiger partial charge in [0, 0.05) is 0 Å². The Kier molecular flexibility index (Phi) is 5.46. The summed E-state index contributed by atoms with van der Waals surface area (Å²) in [4.78, 5) is 1.06. The first-order valence-electron chi connectivity index (χ1n) is 4.28. The highest BCUT2D eigenvalue weighted by atomic mass is 32.3. The zero-order valence-electron chi connectivity index (χ0n) is 8.24. The molecule has 0 spiro atoms. The van der Waals surface area contributed by atoms with Crippen molar-refractivity contribution in [2.75, 3.05) is 20.6 Å². The number of hydrogen-bond acceptors (Lipinski definition) is 4. The maximum atomic E-state index is 10.3. The molecule has 6 heteroatoms. The van der Waals surface area contributed by atoms with Crippen LogP contribution in [-0.4, -0.2) is 39.7 Å². The van der Waals surface area contributed by atoms with Crippen LogP contribution in [0.2, 0.25) is 0 Å². The molecule has 0 saturated heterocycles. The maximum absolute atomic E-state index is 10.3. The molecule has 1 N–H and O–H groups in total. The van der Waals surface area contributed by atoms with Crippen molar-refractivity contribution in [3.63, 3.8) is 0 Å². The second-order valence-corrected chi connectivity index (χ2v) is 4.34. The van der Waals surface area contributed by atoms with Gasteiger partial charge in [-0.1, -0.05) is 13.3 Å². The van der Waals surface area contributed by atoms with E-state index in [1.54, 1.807) is 0 Å². The summed E-state index contributed by atoms with van der Waals surface area (Å²) in [6, 6.07) is 0. The van der Waals surface area contributed by atoms with E-state index in [9.17, 15) is 13.0 Å². The van der Waals surface area contributed by atoms with Crippen molar-refractivity contribution in [3.8, 4) is 0 Å². The van der Waals surface area contributed by atoms with E-state index in [1.807, 2.05) is 21.0 Å². The van der Waals surface area contributed by atoms with Crippen LogP contribution in [0.15, 0.2) is 0 Å². The quantitative estimate of drug-likeness (QED) is 0.441. The van der Waals surface area contributed by atoms with Gasteiger partial charge in [-0.3, -0.25) is 4.18 Å². The third-order valence-corrected chi connectivity index (χ3v) is 2.01. The van der Waals surface area contributed by atoms with Crippen molar-refractivity contribution in [2.24, 2.45) is 0 Å². The summed E-state index contributed by atoms with van der Waals surface area (Å²) >= 11 is 0. The molecule has 0 aromatic carbocycles. The van der Waals surface area contributed by atoms with Crippen LogP contribution in [0.3, 0.4) is 0 Å². The Morgan fingerprint density at radius 2 is 2.00 bits per heavy atom. The fraction of sp³-hybridized carbons (Fsp3) is 1.00. The zero-order valence-corrected chi connectivity index (χ0v) is 9.06. The number of quaternary nitrogens is 1. The molecule has 80 valence electrons.